The molecule has 0 aliphatic carbocycles. The fourth-order valence-corrected chi connectivity index (χ4v) is 2.40. The highest BCUT2D eigenvalue weighted by Gasteiger charge is 2.10. The van der Waals surface area contributed by atoms with Crippen LogP contribution in [0.25, 0.3) is 0 Å². The van der Waals surface area contributed by atoms with E-state index in [-0.39, 0.29) is 17.0 Å². The largest absolute Gasteiger partial charge is 0.352 e. The molecule has 6 heteroatoms. The maximum absolute atomic E-state index is 12.0. The zero-order valence-corrected chi connectivity index (χ0v) is 12.9. The average Bonchev–Trinajstić information content (AvgIpc) is 2.44. The van der Waals surface area contributed by atoms with E-state index in [1.165, 1.54) is 10.6 Å². The number of benzene rings is 1. The van der Waals surface area contributed by atoms with Gasteiger partial charge in [-0.15, -0.1) is 0 Å². The average molecular weight is 325 g/mol. The van der Waals surface area contributed by atoms with Crippen molar-refractivity contribution in [2.45, 2.75) is 6.42 Å². The van der Waals surface area contributed by atoms with E-state index in [1.807, 2.05) is 6.07 Å². The van der Waals surface area contributed by atoms with Gasteiger partial charge in [0.25, 0.3) is 11.5 Å². The van der Waals surface area contributed by atoms with Crippen molar-refractivity contribution in [3.8, 4) is 0 Å². The third-order valence-electron chi connectivity index (χ3n) is 3.06. The van der Waals surface area contributed by atoms with Gasteiger partial charge in [-0.1, -0.05) is 29.3 Å². The zero-order valence-electron chi connectivity index (χ0n) is 11.4. The van der Waals surface area contributed by atoms with Gasteiger partial charge in [0.1, 0.15) is 5.56 Å². The van der Waals surface area contributed by atoms with E-state index in [0.717, 1.165) is 5.56 Å². The molecular weight excluding hydrogens is 311 g/mol. The van der Waals surface area contributed by atoms with Gasteiger partial charge in [-0.3, -0.25) is 9.59 Å². The van der Waals surface area contributed by atoms with Crippen LogP contribution >= 0.6 is 23.2 Å². The van der Waals surface area contributed by atoms with Crippen molar-refractivity contribution in [3.63, 3.8) is 0 Å². The lowest BCUT2D eigenvalue weighted by Gasteiger charge is -2.07. The van der Waals surface area contributed by atoms with Crippen molar-refractivity contribution < 1.29 is 4.79 Å². The third kappa shape index (κ3) is 3.86. The van der Waals surface area contributed by atoms with Gasteiger partial charge in [0.15, 0.2) is 0 Å². The van der Waals surface area contributed by atoms with Gasteiger partial charge >= 0.3 is 0 Å². The number of aromatic nitrogens is 1. The first-order valence-electron chi connectivity index (χ1n) is 6.37. The van der Waals surface area contributed by atoms with Gasteiger partial charge in [-0.25, -0.2) is 0 Å². The van der Waals surface area contributed by atoms with Crippen LogP contribution in [0.2, 0.25) is 10.0 Å². The fraction of sp³-hybridized carbons (Fsp3) is 0.200. The molecule has 0 aliphatic rings. The lowest BCUT2D eigenvalue weighted by molar-refractivity contribution is 0.0952. The summed E-state index contributed by atoms with van der Waals surface area (Å²) in [6.07, 6.45) is 2.17. The highest BCUT2D eigenvalue weighted by atomic mass is 35.5. The minimum Gasteiger partial charge on any atom is -0.352 e. The Balaban J connectivity index is 1.99. The standard InChI is InChI=1S/C15H14Cl2N2O2/c1-19-8-2-3-12(15(19)21)14(20)18-7-6-10-4-5-11(16)9-13(10)17/h2-5,8-9H,6-7H2,1H3,(H,18,20). The molecule has 0 radical (unpaired) electrons. The van der Waals surface area contributed by atoms with Gasteiger partial charge in [-0.05, 0) is 36.2 Å². The lowest BCUT2D eigenvalue weighted by atomic mass is 10.1. The van der Waals surface area contributed by atoms with Crippen LogP contribution in [0.5, 0.6) is 0 Å². The molecule has 0 aliphatic heterocycles. The number of aryl methyl sites for hydroxylation is 1. The van der Waals surface area contributed by atoms with Gasteiger partial charge in [0.05, 0.1) is 0 Å². The first-order valence-corrected chi connectivity index (χ1v) is 7.12. The molecule has 2 rings (SSSR count). The summed E-state index contributed by atoms with van der Waals surface area (Å²) in [6.45, 7) is 0.387. The molecule has 1 aromatic carbocycles. The number of pyridine rings is 1. The Morgan fingerprint density at radius 3 is 2.76 bits per heavy atom. The van der Waals surface area contributed by atoms with Crippen LogP contribution in [0, 0.1) is 0 Å². The predicted molar refractivity (Wildman–Crippen MR) is 84.2 cm³/mol. The fourth-order valence-electron chi connectivity index (χ4n) is 1.90. The summed E-state index contributed by atoms with van der Waals surface area (Å²) >= 11 is 11.9. The maximum atomic E-state index is 12.0. The molecule has 0 saturated heterocycles. The molecule has 110 valence electrons. The maximum Gasteiger partial charge on any atom is 0.263 e. The highest BCUT2D eigenvalue weighted by molar-refractivity contribution is 6.35. The van der Waals surface area contributed by atoms with Crippen molar-refractivity contribution in [1.82, 2.24) is 9.88 Å². The molecule has 0 unspecified atom stereocenters. The van der Waals surface area contributed by atoms with Gasteiger partial charge in [-0.2, -0.15) is 0 Å². The monoisotopic (exact) mass is 324 g/mol. The smallest absolute Gasteiger partial charge is 0.263 e. The molecular formula is C15H14Cl2N2O2. The Morgan fingerprint density at radius 2 is 2.05 bits per heavy atom. The summed E-state index contributed by atoms with van der Waals surface area (Å²) in [5, 5.41) is 3.85. The van der Waals surface area contributed by atoms with Crippen LogP contribution in [-0.4, -0.2) is 17.0 Å². The SMILES string of the molecule is Cn1cccc(C(=O)NCCc2ccc(Cl)cc2Cl)c1=O. The Kier molecular flexibility index (Phi) is 5.04. The van der Waals surface area contributed by atoms with Crippen molar-refractivity contribution in [1.29, 1.82) is 0 Å². The topological polar surface area (TPSA) is 51.1 Å². The van der Waals surface area contributed by atoms with Crippen LogP contribution in [-0.2, 0) is 13.5 Å². The van der Waals surface area contributed by atoms with E-state index in [2.05, 4.69) is 5.32 Å². The molecule has 0 atom stereocenters. The third-order valence-corrected chi connectivity index (χ3v) is 3.65. The number of rotatable bonds is 4. The minimum atomic E-state index is -0.388. The molecule has 0 bridgehead atoms. The first kappa shape index (κ1) is 15.6. The van der Waals surface area contributed by atoms with Crippen LogP contribution < -0.4 is 10.9 Å². The zero-order chi connectivity index (χ0) is 15.4. The van der Waals surface area contributed by atoms with Gasteiger partial charge in [0, 0.05) is 29.8 Å². The quantitative estimate of drug-likeness (QED) is 0.940. The second kappa shape index (κ2) is 6.78. The molecule has 1 heterocycles. The Morgan fingerprint density at radius 1 is 1.29 bits per heavy atom. The van der Waals surface area contributed by atoms with Crippen molar-refractivity contribution in [2.24, 2.45) is 7.05 Å². The number of nitrogens with one attached hydrogen (secondary N) is 1. The van der Waals surface area contributed by atoms with Crippen LogP contribution in [0.15, 0.2) is 41.3 Å². The van der Waals surface area contributed by atoms with Crippen molar-refractivity contribution >= 4 is 29.1 Å². The normalized spacial score (nSPS) is 10.4. The van der Waals surface area contributed by atoms with Crippen LogP contribution in [0.3, 0.4) is 0 Å². The van der Waals surface area contributed by atoms with Crippen LogP contribution in [0.1, 0.15) is 15.9 Å². The minimum absolute atomic E-state index is 0.127. The number of nitrogens with zero attached hydrogens (tertiary/aromatic N) is 1. The summed E-state index contributed by atoms with van der Waals surface area (Å²) in [7, 11) is 1.60. The second-order valence-electron chi connectivity index (χ2n) is 4.58. The van der Waals surface area contributed by atoms with E-state index >= 15 is 0 Å². The Labute approximate surface area is 132 Å². The van der Waals surface area contributed by atoms with E-state index in [0.29, 0.717) is 23.0 Å². The van der Waals surface area contributed by atoms with E-state index in [9.17, 15) is 9.59 Å². The number of hydrogen-bond acceptors (Lipinski definition) is 2. The van der Waals surface area contributed by atoms with Gasteiger partial charge < -0.3 is 9.88 Å². The molecule has 2 aromatic rings. The lowest BCUT2D eigenvalue weighted by Crippen LogP contribution is -2.32. The van der Waals surface area contributed by atoms with E-state index < -0.39 is 0 Å². The molecule has 1 aromatic heterocycles. The second-order valence-corrected chi connectivity index (χ2v) is 5.42. The number of amides is 1. The molecule has 0 saturated carbocycles. The summed E-state index contributed by atoms with van der Waals surface area (Å²) in [6, 6.07) is 8.39. The number of halogens is 2. The first-order chi connectivity index (χ1) is 9.99. The number of carbonyl (C=O) groups is 1. The summed E-state index contributed by atoms with van der Waals surface area (Å²) in [4.78, 5) is 23.8. The molecule has 1 N–H and O–H groups in total. The Hall–Kier alpha value is -1.78. The summed E-state index contributed by atoms with van der Waals surface area (Å²) in [5.74, 6) is -0.388. The predicted octanol–water partition coefficient (Wildman–Crippen LogP) is 2.66. The molecule has 1 amide bonds. The Bertz CT molecular complexity index is 726. The molecule has 0 spiro atoms. The molecule has 0 fully saturated rings. The summed E-state index contributed by atoms with van der Waals surface area (Å²) < 4.78 is 1.37. The molecule has 21 heavy (non-hydrogen) atoms. The van der Waals surface area contributed by atoms with Crippen LogP contribution in [0.4, 0.5) is 0 Å². The highest BCUT2D eigenvalue weighted by Crippen LogP contribution is 2.21. The van der Waals surface area contributed by atoms with E-state index in [4.69, 9.17) is 23.2 Å². The van der Waals surface area contributed by atoms with Crippen molar-refractivity contribution in [3.05, 3.63) is 68.1 Å². The molecule has 4 nitrogen and oxygen atoms in total. The number of carbonyl (C=O) groups excluding carboxylic acids is 1. The van der Waals surface area contributed by atoms with Gasteiger partial charge in [0.2, 0.25) is 0 Å². The number of hydrogen-bond donors (Lipinski definition) is 1. The van der Waals surface area contributed by atoms with Crippen molar-refractivity contribution in [2.75, 3.05) is 6.54 Å². The summed E-state index contributed by atoms with van der Waals surface area (Å²) in [5.41, 5.74) is 0.698. The van der Waals surface area contributed by atoms with E-state index in [1.54, 1.807) is 31.4 Å².